The fourth-order valence-electron chi connectivity index (χ4n) is 1.99. The highest BCUT2D eigenvalue weighted by molar-refractivity contribution is 9.10. The number of hydrogen-bond acceptors (Lipinski definition) is 6. The molecule has 0 aliphatic rings. The Morgan fingerprint density at radius 3 is 2.39 bits per heavy atom. The third kappa shape index (κ3) is 4.77. The number of nitrogens with one attached hydrogen (secondary N) is 1. The molecule has 0 aliphatic heterocycles. The summed E-state index contributed by atoms with van der Waals surface area (Å²) in [7, 11) is -4.17. The molecular formula is C15H12BrF4N3O4S. The molecule has 1 heterocycles. The first kappa shape index (κ1) is 22.0. The van der Waals surface area contributed by atoms with Crippen molar-refractivity contribution in [1.82, 2.24) is 10.3 Å². The molecule has 13 heteroatoms. The van der Waals surface area contributed by atoms with Crippen LogP contribution in [0, 0.1) is 5.82 Å². The fourth-order valence-corrected chi connectivity index (χ4v) is 4.22. The average molecular weight is 486 g/mol. The van der Waals surface area contributed by atoms with Crippen LogP contribution in [-0.4, -0.2) is 43.2 Å². The van der Waals surface area contributed by atoms with Crippen molar-refractivity contribution in [3.8, 4) is 0 Å². The van der Waals surface area contributed by atoms with Crippen molar-refractivity contribution in [2.75, 3.05) is 12.3 Å². The van der Waals surface area contributed by atoms with E-state index in [0.29, 0.717) is 0 Å². The van der Waals surface area contributed by atoms with Crippen LogP contribution in [0.2, 0.25) is 0 Å². The molecule has 2 rings (SSSR count). The normalized spacial score (nSPS) is 13.2. The Morgan fingerprint density at radius 2 is 1.86 bits per heavy atom. The van der Waals surface area contributed by atoms with Crippen molar-refractivity contribution < 1.29 is 35.9 Å². The number of anilines is 1. The van der Waals surface area contributed by atoms with Crippen molar-refractivity contribution in [3.63, 3.8) is 0 Å². The smallest absolute Gasteiger partial charge is 0.397 e. The van der Waals surface area contributed by atoms with Crippen molar-refractivity contribution >= 4 is 37.4 Å². The molecule has 0 spiro atoms. The van der Waals surface area contributed by atoms with Gasteiger partial charge in [0.15, 0.2) is 11.8 Å². The number of nitrogens with zero attached hydrogens (tertiary/aromatic N) is 1. The number of pyridine rings is 1. The summed E-state index contributed by atoms with van der Waals surface area (Å²) in [5, 5.41) is 10.7. The topological polar surface area (TPSA) is 122 Å². The molecule has 7 nitrogen and oxygen atoms in total. The second-order valence-corrected chi connectivity index (χ2v) is 8.11. The van der Waals surface area contributed by atoms with Gasteiger partial charge in [-0.2, -0.15) is 13.2 Å². The van der Waals surface area contributed by atoms with E-state index >= 15 is 0 Å². The maximum atomic E-state index is 13.0. The number of nitrogen functional groups attached to an aromatic ring is 1. The first-order valence-electron chi connectivity index (χ1n) is 7.33. The van der Waals surface area contributed by atoms with Crippen LogP contribution >= 0.6 is 15.9 Å². The van der Waals surface area contributed by atoms with Crippen LogP contribution < -0.4 is 11.1 Å². The Morgan fingerprint density at radius 1 is 1.29 bits per heavy atom. The van der Waals surface area contributed by atoms with Gasteiger partial charge in [-0.05, 0) is 46.3 Å². The minimum absolute atomic E-state index is 0.263. The molecule has 2 aromatic rings. The van der Waals surface area contributed by atoms with Crippen molar-refractivity contribution in [1.29, 1.82) is 0 Å². The minimum atomic E-state index is -4.93. The molecule has 1 aromatic heterocycles. The highest BCUT2D eigenvalue weighted by Gasteiger charge is 2.38. The number of halogens is 5. The van der Waals surface area contributed by atoms with Gasteiger partial charge in [0.25, 0.3) is 5.91 Å². The van der Waals surface area contributed by atoms with E-state index in [-0.39, 0.29) is 9.50 Å². The molecule has 0 saturated heterocycles. The van der Waals surface area contributed by atoms with Crippen LogP contribution in [0.1, 0.15) is 10.5 Å². The minimum Gasteiger partial charge on any atom is -0.397 e. The quantitative estimate of drug-likeness (QED) is 0.338. The number of aliphatic hydroxyl groups is 1. The summed E-state index contributed by atoms with van der Waals surface area (Å²) in [5.41, 5.74) is 4.66. The second-order valence-electron chi connectivity index (χ2n) is 5.44. The maximum absolute atomic E-state index is 13.0. The number of nitrogens with two attached hydrogens (primary N) is 1. The number of sulfone groups is 1. The van der Waals surface area contributed by atoms with E-state index in [1.807, 2.05) is 0 Å². The van der Waals surface area contributed by atoms with Gasteiger partial charge in [-0.1, -0.05) is 0 Å². The molecule has 1 aromatic carbocycles. The zero-order valence-corrected chi connectivity index (χ0v) is 16.1. The maximum Gasteiger partial charge on any atom is 0.416 e. The van der Waals surface area contributed by atoms with Crippen molar-refractivity contribution in [2.45, 2.75) is 22.1 Å². The Labute approximate surface area is 164 Å². The number of carbonyl (C=O) groups is 1. The fraction of sp³-hybridized carbons (Fsp3) is 0.200. The number of rotatable bonds is 5. The lowest BCUT2D eigenvalue weighted by Gasteiger charge is -2.15. The van der Waals surface area contributed by atoms with Crippen LogP contribution in [-0.2, 0) is 9.84 Å². The van der Waals surface area contributed by atoms with E-state index in [2.05, 4.69) is 20.9 Å². The SMILES string of the molecule is Nc1cc(S(=O)(=O)c2ccc(F)cc2)c(Br)nc1C(=O)NC[C@@H](O)C(F)(F)F. The lowest BCUT2D eigenvalue weighted by atomic mass is 10.2. The monoisotopic (exact) mass is 485 g/mol. The Balaban J connectivity index is 2.32. The Kier molecular flexibility index (Phi) is 6.31. The number of aromatic nitrogens is 1. The van der Waals surface area contributed by atoms with Gasteiger partial charge >= 0.3 is 6.18 Å². The molecule has 28 heavy (non-hydrogen) atoms. The van der Waals surface area contributed by atoms with E-state index in [9.17, 15) is 30.8 Å². The number of hydrogen-bond donors (Lipinski definition) is 3. The summed E-state index contributed by atoms with van der Waals surface area (Å²) in [5.74, 6) is -1.80. The number of aliphatic hydroxyl groups excluding tert-OH is 1. The lowest BCUT2D eigenvalue weighted by Crippen LogP contribution is -2.41. The highest BCUT2D eigenvalue weighted by Crippen LogP contribution is 2.30. The van der Waals surface area contributed by atoms with E-state index in [1.165, 1.54) is 0 Å². The van der Waals surface area contributed by atoms with E-state index in [4.69, 9.17) is 10.8 Å². The van der Waals surface area contributed by atoms with Gasteiger partial charge in [0.2, 0.25) is 9.84 Å². The number of amides is 1. The van der Waals surface area contributed by atoms with Crippen molar-refractivity contribution in [3.05, 3.63) is 46.4 Å². The molecule has 4 N–H and O–H groups in total. The number of alkyl halides is 3. The van der Waals surface area contributed by atoms with Gasteiger partial charge in [0.05, 0.1) is 17.1 Å². The van der Waals surface area contributed by atoms with Gasteiger partial charge in [0.1, 0.15) is 15.3 Å². The molecule has 0 fully saturated rings. The van der Waals surface area contributed by atoms with Crippen LogP contribution in [0.3, 0.4) is 0 Å². The van der Waals surface area contributed by atoms with Crippen LogP contribution in [0.25, 0.3) is 0 Å². The number of benzene rings is 1. The first-order chi connectivity index (χ1) is 12.8. The Hall–Kier alpha value is -2.25. The predicted molar refractivity (Wildman–Crippen MR) is 92.6 cm³/mol. The highest BCUT2D eigenvalue weighted by atomic mass is 79.9. The summed E-state index contributed by atoms with van der Waals surface area (Å²) in [6.45, 7) is -1.14. The van der Waals surface area contributed by atoms with E-state index in [0.717, 1.165) is 30.3 Å². The summed E-state index contributed by atoms with van der Waals surface area (Å²) in [6, 6.07) is 4.81. The van der Waals surface area contributed by atoms with Crippen LogP contribution in [0.4, 0.5) is 23.2 Å². The molecule has 0 bridgehead atoms. The lowest BCUT2D eigenvalue weighted by molar-refractivity contribution is -0.201. The van der Waals surface area contributed by atoms with Crippen LogP contribution in [0.5, 0.6) is 0 Å². The zero-order chi connectivity index (χ0) is 21.3. The molecule has 0 saturated carbocycles. The average Bonchev–Trinajstić information content (AvgIpc) is 2.60. The van der Waals surface area contributed by atoms with Crippen LogP contribution in [0.15, 0.2) is 44.7 Å². The third-order valence-corrected chi connectivity index (χ3v) is 6.09. The summed E-state index contributed by atoms with van der Waals surface area (Å²) in [6.07, 6.45) is -7.72. The van der Waals surface area contributed by atoms with E-state index in [1.54, 1.807) is 5.32 Å². The van der Waals surface area contributed by atoms with Gasteiger partial charge in [0, 0.05) is 0 Å². The standard InChI is InChI=1S/C15H12BrF4N3O4S/c16-13-10(28(26,27)8-3-1-7(17)2-4-8)5-9(21)12(23-13)14(25)22-6-11(24)15(18,19)20/h1-5,11,24H,6,21H2,(H,22,25)/t11-/m1/s1. The van der Waals surface area contributed by atoms with Crippen molar-refractivity contribution in [2.24, 2.45) is 0 Å². The number of carbonyl (C=O) groups excluding carboxylic acids is 1. The van der Waals surface area contributed by atoms with Gasteiger partial charge < -0.3 is 16.2 Å². The first-order valence-corrected chi connectivity index (χ1v) is 9.61. The Bertz CT molecular complexity index is 998. The summed E-state index contributed by atoms with van der Waals surface area (Å²) in [4.78, 5) is 15.0. The molecule has 0 aliphatic carbocycles. The van der Waals surface area contributed by atoms with Gasteiger partial charge in [-0.25, -0.2) is 17.8 Å². The molecule has 0 radical (unpaired) electrons. The van der Waals surface area contributed by atoms with E-state index < -0.39 is 56.7 Å². The molecule has 152 valence electrons. The molecule has 0 unspecified atom stereocenters. The predicted octanol–water partition coefficient (Wildman–Crippen LogP) is 2.05. The summed E-state index contributed by atoms with van der Waals surface area (Å²) < 4.78 is 74.7. The zero-order valence-electron chi connectivity index (χ0n) is 13.7. The van der Waals surface area contributed by atoms with Gasteiger partial charge in [-0.3, -0.25) is 4.79 Å². The summed E-state index contributed by atoms with van der Waals surface area (Å²) >= 11 is 2.88. The second kappa shape index (κ2) is 8.01. The third-order valence-electron chi connectivity index (χ3n) is 3.44. The largest absolute Gasteiger partial charge is 0.416 e. The molecule has 1 atom stereocenters. The molecular weight excluding hydrogens is 474 g/mol. The molecule has 1 amide bonds. The van der Waals surface area contributed by atoms with Gasteiger partial charge in [-0.15, -0.1) is 0 Å².